The van der Waals surface area contributed by atoms with E-state index in [2.05, 4.69) is 15.3 Å². The Bertz CT molecular complexity index is 745. The lowest BCUT2D eigenvalue weighted by molar-refractivity contribution is 0.0915. The first-order valence-corrected chi connectivity index (χ1v) is 7.91. The molecule has 2 atom stereocenters. The molecule has 8 heteroatoms. The minimum absolute atomic E-state index is 0.103. The largest absolute Gasteiger partial charge is 0.396 e. The smallest absolute Gasteiger partial charge is 0.271 e. The molecule has 132 valence electrons. The molecule has 25 heavy (non-hydrogen) atoms. The molecule has 1 amide bonds. The number of benzene rings is 1. The van der Waals surface area contributed by atoms with Gasteiger partial charge in [0.25, 0.3) is 5.91 Å². The van der Waals surface area contributed by atoms with Crippen LogP contribution in [0.3, 0.4) is 0 Å². The van der Waals surface area contributed by atoms with Gasteiger partial charge in [0.2, 0.25) is 0 Å². The number of halogens is 2. The SMILES string of the molecule is O=C(N[C@@H]1CN(Cc2ccc(F)cc2F)C[C@H]1CO)c1cnccn1. The van der Waals surface area contributed by atoms with E-state index in [4.69, 9.17) is 0 Å². The predicted octanol–water partition coefficient (Wildman–Crippen LogP) is 0.977. The number of hydrogen-bond acceptors (Lipinski definition) is 5. The molecule has 1 aromatic heterocycles. The number of hydrogen-bond donors (Lipinski definition) is 2. The molecule has 2 heterocycles. The first-order chi connectivity index (χ1) is 12.1. The van der Waals surface area contributed by atoms with Crippen LogP contribution in [-0.4, -0.2) is 51.6 Å². The molecule has 0 spiro atoms. The second-order valence-electron chi connectivity index (χ2n) is 6.04. The second-order valence-corrected chi connectivity index (χ2v) is 6.04. The van der Waals surface area contributed by atoms with Crippen molar-refractivity contribution in [2.45, 2.75) is 12.6 Å². The Labute approximate surface area is 143 Å². The van der Waals surface area contributed by atoms with Crippen LogP contribution >= 0.6 is 0 Å². The van der Waals surface area contributed by atoms with Gasteiger partial charge in [0, 0.05) is 62.2 Å². The highest BCUT2D eigenvalue weighted by atomic mass is 19.1. The van der Waals surface area contributed by atoms with E-state index in [0.29, 0.717) is 18.7 Å². The first-order valence-electron chi connectivity index (χ1n) is 7.91. The van der Waals surface area contributed by atoms with Crippen LogP contribution in [0.5, 0.6) is 0 Å². The Kier molecular flexibility index (Phi) is 5.30. The number of nitrogens with one attached hydrogen (secondary N) is 1. The van der Waals surface area contributed by atoms with Crippen LogP contribution in [-0.2, 0) is 6.54 Å². The number of rotatable bonds is 5. The van der Waals surface area contributed by atoms with E-state index in [-0.39, 0.29) is 36.7 Å². The first kappa shape index (κ1) is 17.4. The van der Waals surface area contributed by atoms with Crippen molar-refractivity contribution in [2.24, 2.45) is 5.92 Å². The lowest BCUT2D eigenvalue weighted by Crippen LogP contribution is -2.41. The van der Waals surface area contributed by atoms with Gasteiger partial charge in [-0.05, 0) is 6.07 Å². The van der Waals surface area contributed by atoms with Crippen molar-refractivity contribution in [2.75, 3.05) is 19.7 Å². The third kappa shape index (κ3) is 4.15. The van der Waals surface area contributed by atoms with Gasteiger partial charge in [-0.25, -0.2) is 13.8 Å². The molecule has 0 aliphatic carbocycles. The second kappa shape index (κ2) is 7.62. The highest BCUT2D eigenvalue weighted by Crippen LogP contribution is 2.21. The minimum atomic E-state index is -0.620. The summed E-state index contributed by atoms with van der Waals surface area (Å²) in [6.45, 7) is 1.13. The summed E-state index contributed by atoms with van der Waals surface area (Å²) >= 11 is 0. The number of amides is 1. The molecular formula is C17H18F2N4O2. The number of carbonyl (C=O) groups is 1. The molecule has 1 aliphatic heterocycles. The monoisotopic (exact) mass is 348 g/mol. The van der Waals surface area contributed by atoms with E-state index in [0.717, 1.165) is 6.07 Å². The Morgan fingerprint density at radius 2 is 2.16 bits per heavy atom. The molecule has 1 aromatic carbocycles. The number of aliphatic hydroxyl groups excluding tert-OH is 1. The standard InChI is InChI=1S/C17H18F2N4O2/c18-13-2-1-11(14(19)5-13)7-23-8-12(10-24)16(9-23)22-17(25)15-6-20-3-4-21-15/h1-6,12,16,24H,7-10H2,(H,22,25)/t12-,16+/m0/s1. The molecule has 0 saturated carbocycles. The number of carbonyl (C=O) groups excluding carboxylic acids is 1. The van der Waals surface area contributed by atoms with Gasteiger partial charge in [0.1, 0.15) is 17.3 Å². The summed E-state index contributed by atoms with van der Waals surface area (Å²) in [7, 11) is 0. The van der Waals surface area contributed by atoms with Gasteiger partial charge in [-0.2, -0.15) is 0 Å². The Balaban J connectivity index is 1.65. The number of aromatic nitrogens is 2. The zero-order chi connectivity index (χ0) is 17.8. The maximum absolute atomic E-state index is 13.8. The summed E-state index contributed by atoms with van der Waals surface area (Å²) in [5.41, 5.74) is 0.571. The zero-order valence-corrected chi connectivity index (χ0v) is 13.4. The van der Waals surface area contributed by atoms with Crippen molar-refractivity contribution in [3.63, 3.8) is 0 Å². The van der Waals surface area contributed by atoms with Crippen molar-refractivity contribution < 1.29 is 18.7 Å². The third-order valence-corrected chi connectivity index (χ3v) is 4.27. The summed E-state index contributed by atoms with van der Waals surface area (Å²) in [6.07, 6.45) is 4.27. The molecule has 1 fully saturated rings. The van der Waals surface area contributed by atoms with Gasteiger partial charge < -0.3 is 10.4 Å². The summed E-state index contributed by atoms with van der Waals surface area (Å²) in [4.78, 5) is 21.9. The van der Waals surface area contributed by atoms with Crippen molar-refractivity contribution in [1.29, 1.82) is 0 Å². The minimum Gasteiger partial charge on any atom is -0.396 e. The van der Waals surface area contributed by atoms with E-state index < -0.39 is 11.6 Å². The normalized spacial score (nSPS) is 20.6. The van der Waals surface area contributed by atoms with E-state index in [1.54, 1.807) is 0 Å². The predicted molar refractivity (Wildman–Crippen MR) is 85.5 cm³/mol. The molecular weight excluding hydrogens is 330 g/mol. The van der Waals surface area contributed by atoms with Crippen molar-refractivity contribution in [3.05, 3.63) is 59.7 Å². The van der Waals surface area contributed by atoms with E-state index in [9.17, 15) is 18.7 Å². The van der Waals surface area contributed by atoms with Crippen LogP contribution in [0.1, 0.15) is 16.1 Å². The lowest BCUT2D eigenvalue weighted by atomic mass is 10.1. The van der Waals surface area contributed by atoms with Gasteiger partial charge in [0.05, 0.1) is 6.20 Å². The van der Waals surface area contributed by atoms with Crippen LogP contribution in [0.2, 0.25) is 0 Å². The van der Waals surface area contributed by atoms with E-state index in [1.807, 2.05) is 4.90 Å². The fraction of sp³-hybridized carbons (Fsp3) is 0.353. The molecule has 0 bridgehead atoms. The van der Waals surface area contributed by atoms with Crippen molar-refractivity contribution in [3.8, 4) is 0 Å². The number of likely N-dealkylation sites (tertiary alicyclic amines) is 1. The van der Waals surface area contributed by atoms with Gasteiger partial charge in [-0.15, -0.1) is 0 Å². The molecule has 2 N–H and O–H groups in total. The zero-order valence-electron chi connectivity index (χ0n) is 13.4. The molecule has 1 aliphatic rings. The number of nitrogens with zero attached hydrogens (tertiary/aromatic N) is 3. The van der Waals surface area contributed by atoms with Gasteiger partial charge in [0.15, 0.2) is 0 Å². The Morgan fingerprint density at radius 3 is 2.84 bits per heavy atom. The molecule has 2 aromatic rings. The molecule has 1 saturated heterocycles. The summed E-state index contributed by atoms with van der Waals surface area (Å²) in [5.74, 6) is -1.77. The average molecular weight is 348 g/mol. The Hall–Kier alpha value is -2.45. The highest BCUT2D eigenvalue weighted by Gasteiger charge is 2.34. The third-order valence-electron chi connectivity index (χ3n) is 4.27. The molecule has 6 nitrogen and oxygen atoms in total. The molecule has 3 rings (SSSR count). The van der Waals surface area contributed by atoms with Crippen LogP contribution in [0, 0.1) is 17.6 Å². The van der Waals surface area contributed by atoms with Crippen LogP contribution in [0.4, 0.5) is 8.78 Å². The lowest BCUT2D eigenvalue weighted by Gasteiger charge is -2.18. The Morgan fingerprint density at radius 1 is 1.32 bits per heavy atom. The van der Waals surface area contributed by atoms with Crippen molar-refractivity contribution >= 4 is 5.91 Å². The summed E-state index contributed by atoms with van der Waals surface area (Å²) < 4.78 is 26.8. The maximum atomic E-state index is 13.8. The topological polar surface area (TPSA) is 78.4 Å². The molecule has 0 unspecified atom stereocenters. The molecule has 0 radical (unpaired) electrons. The van der Waals surface area contributed by atoms with E-state index >= 15 is 0 Å². The quantitative estimate of drug-likeness (QED) is 0.842. The van der Waals surface area contributed by atoms with E-state index in [1.165, 1.54) is 30.7 Å². The summed E-state index contributed by atoms with van der Waals surface area (Å²) in [5, 5.41) is 12.4. The van der Waals surface area contributed by atoms with Crippen LogP contribution < -0.4 is 5.32 Å². The fourth-order valence-electron chi connectivity index (χ4n) is 2.99. The summed E-state index contributed by atoms with van der Waals surface area (Å²) in [6, 6.07) is 3.18. The van der Waals surface area contributed by atoms with Gasteiger partial charge >= 0.3 is 0 Å². The maximum Gasteiger partial charge on any atom is 0.271 e. The van der Waals surface area contributed by atoms with Crippen LogP contribution in [0.15, 0.2) is 36.8 Å². The highest BCUT2D eigenvalue weighted by molar-refractivity contribution is 5.92. The number of aliphatic hydroxyl groups is 1. The average Bonchev–Trinajstić information content (AvgIpc) is 2.99. The fourth-order valence-corrected chi connectivity index (χ4v) is 2.99. The van der Waals surface area contributed by atoms with Gasteiger partial charge in [-0.1, -0.05) is 6.07 Å². The van der Waals surface area contributed by atoms with Crippen molar-refractivity contribution in [1.82, 2.24) is 20.2 Å². The van der Waals surface area contributed by atoms with Gasteiger partial charge in [-0.3, -0.25) is 14.7 Å². The van der Waals surface area contributed by atoms with Crippen LogP contribution in [0.25, 0.3) is 0 Å².